The minimum Gasteiger partial charge on any atom is -0.362 e. The lowest BCUT2D eigenvalue weighted by atomic mass is 10.1. The normalized spacial score (nSPS) is 10.7. The van der Waals surface area contributed by atoms with Crippen LogP contribution in [0.5, 0.6) is 0 Å². The maximum absolute atomic E-state index is 5.38. The number of fused-ring (bicyclic) bond motifs is 2. The molecule has 0 amide bonds. The number of nitrogens with zero attached hydrogens (tertiary/aromatic N) is 1. The molecule has 0 aliphatic carbocycles. The first-order chi connectivity index (χ1) is 10.3. The Labute approximate surface area is 129 Å². The number of benzene rings is 2. The molecular formula is C17H17N3S. The number of hydrogen-bond donors (Lipinski definition) is 2. The average molecular weight is 295 g/mol. The van der Waals surface area contributed by atoms with Gasteiger partial charge in [0, 0.05) is 17.3 Å². The lowest BCUT2D eigenvalue weighted by Gasteiger charge is -2.14. The molecule has 4 heteroatoms. The predicted octanol–water partition coefficient (Wildman–Crippen LogP) is 4.08. The first-order valence-corrected chi connectivity index (χ1v) is 7.52. The molecule has 0 aliphatic heterocycles. The molecule has 2 N–H and O–H groups in total. The van der Waals surface area contributed by atoms with Crippen LogP contribution in [0, 0.1) is 0 Å². The highest BCUT2D eigenvalue weighted by Crippen LogP contribution is 2.30. The van der Waals surface area contributed by atoms with E-state index in [2.05, 4.69) is 29.7 Å². The van der Waals surface area contributed by atoms with E-state index in [9.17, 15) is 0 Å². The molecule has 0 spiro atoms. The largest absolute Gasteiger partial charge is 0.362 e. The molecule has 3 nitrogen and oxygen atoms in total. The quantitative estimate of drug-likeness (QED) is 0.564. The van der Waals surface area contributed by atoms with Gasteiger partial charge in [-0.1, -0.05) is 43.3 Å². The molecule has 0 fully saturated rings. The van der Waals surface area contributed by atoms with Crippen LogP contribution in [-0.2, 0) is 0 Å². The highest BCUT2D eigenvalue weighted by molar-refractivity contribution is 7.80. The van der Waals surface area contributed by atoms with Crippen LogP contribution >= 0.6 is 12.2 Å². The van der Waals surface area contributed by atoms with Crippen molar-refractivity contribution in [2.45, 2.75) is 13.3 Å². The standard InChI is InChI=1S/C17H17N3S/c1-2-11-18-17(21)20-16-12-7-3-5-9-14(12)19-15-10-6-4-8-13(15)16/h3-10H,2,11H2,1H3,(H2,18,19,20,21). The second-order valence-corrected chi connectivity index (χ2v) is 5.31. The molecule has 3 aromatic rings. The number of hydrogen-bond acceptors (Lipinski definition) is 2. The van der Waals surface area contributed by atoms with Crippen molar-refractivity contribution in [2.75, 3.05) is 11.9 Å². The maximum Gasteiger partial charge on any atom is 0.170 e. The van der Waals surface area contributed by atoms with Gasteiger partial charge in [0.25, 0.3) is 0 Å². The monoisotopic (exact) mass is 295 g/mol. The molecule has 0 radical (unpaired) electrons. The smallest absolute Gasteiger partial charge is 0.170 e. The number of anilines is 1. The van der Waals surface area contributed by atoms with Crippen LogP contribution in [0.3, 0.4) is 0 Å². The molecule has 0 saturated carbocycles. The van der Waals surface area contributed by atoms with Crippen LogP contribution in [-0.4, -0.2) is 16.6 Å². The van der Waals surface area contributed by atoms with Gasteiger partial charge >= 0.3 is 0 Å². The zero-order valence-electron chi connectivity index (χ0n) is 11.9. The van der Waals surface area contributed by atoms with E-state index in [0.717, 1.165) is 40.5 Å². The van der Waals surface area contributed by atoms with Gasteiger partial charge in [-0.25, -0.2) is 4.98 Å². The Morgan fingerprint density at radius 1 is 1.00 bits per heavy atom. The fourth-order valence-corrected chi connectivity index (χ4v) is 2.57. The van der Waals surface area contributed by atoms with Crippen molar-refractivity contribution in [3.05, 3.63) is 48.5 Å². The van der Waals surface area contributed by atoms with Crippen LogP contribution in [0.2, 0.25) is 0 Å². The Balaban J connectivity index is 2.13. The molecule has 21 heavy (non-hydrogen) atoms. The van der Waals surface area contributed by atoms with Crippen LogP contribution < -0.4 is 10.6 Å². The lowest BCUT2D eigenvalue weighted by molar-refractivity contribution is 0.847. The highest BCUT2D eigenvalue weighted by atomic mass is 32.1. The van der Waals surface area contributed by atoms with Crippen LogP contribution in [0.4, 0.5) is 5.69 Å². The van der Waals surface area contributed by atoms with Crippen LogP contribution in [0.25, 0.3) is 21.8 Å². The van der Waals surface area contributed by atoms with Crippen molar-refractivity contribution in [3.63, 3.8) is 0 Å². The summed E-state index contributed by atoms with van der Waals surface area (Å²) in [6.45, 7) is 2.99. The number of rotatable bonds is 3. The Morgan fingerprint density at radius 3 is 2.14 bits per heavy atom. The van der Waals surface area contributed by atoms with E-state index in [4.69, 9.17) is 17.2 Å². The molecule has 0 saturated heterocycles. The molecule has 3 rings (SSSR count). The van der Waals surface area contributed by atoms with E-state index >= 15 is 0 Å². The summed E-state index contributed by atoms with van der Waals surface area (Å²) in [7, 11) is 0. The Kier molecular flexibility index (Phi) is 3.97. The summed E-state index contributed by atoms with van der Waals surface area (Å²) in [5.41, 5.74) is 2.96. The number of aromatic nitrogens is 1. The van der Waals surface area contributed by atoms with Crippen molar-refractivity contribution in [1.29, 1.82) is 0 Å². The third kappa shape index (κ3) is 2.81. The second kappa shape index (κ2) is 6.06. The van der Waals surface area contributed by atoms with Crippen molar-refractivity contribution in [1.82, 2.24) is 10.3 Å². The summed E-state index contributed by atoms with van der Waals surface area (Å²) in [4.78, 5) is 4.70. The third-order valence-corrected chi connectivity index (χ3v) is 3.61. The molecule has 1 aromatic heterocycles. The van der Waals surface area contributed by atoms with E-state index in [0.29, 0.717) is 5.11 Å². The molecule has 0 aliphatic rings. The van der Waals surface area contributed by atoms with E-state index in [1.807, 2.05) is 36.4 Å². The van der Waals surface area contributed by atoms with Gasteiger partial charge < -0.3 is 10.6 Å². The minimum absolute atomic E-state index is 0.651. The van der Waals surface area contributed by atoms with Crippen molar-refractivity contribution in [3.8, 4) is 0 Å². The van der Waals surface area contributed by atoms with Crippen LogP contribution in [0.15, 0.2) is 48.5 Å². The van der Waals surface area contributed by atoms with Crippen LogP contribution in [0.1, 0.15) is 13.3 Å². The SMILES string of the molecule is CCCNC(=S)Nc1c2ccccc2nc2ccccc12. The van der Waals surface area contributed by atoms with Gasteiger partial charge in [-0.15, -0.1) is 0 Å². The first-order valence-electron chi connectivity index (χ1n) is 7.12. The topological polar surface area (TPSA) is 37.0 Å². The van der Waals surface area contributed by atoms with Gasteiger partial charge in [0.1, 0.15) is 0 Å². The molecule has 1 heterocycles. The van der Waals surface area contributed by atoms with Crippen molar-refractivity contribution in [2.24, 2.45) is 0 Å². The average Bonchev–Trinajstić information content (AvgIpc) is 2.52. The Bertz CT molecular complexity index is 744. The molecule has 0 bridgehead atoms. The van der Waals surface area contributed by atoms with E-state index < -0.39 is 0 Å². The number of nitrogens with one attached hydrogen (secondary N) is 2. The molecular weight excluding hydrogens is 278 g/mol. The predicted molar refractivity (Wildman–Crippen MR) is 93.8 cm³/mol. The molecule has 2 aromatic carbocycles. The summed E-state index contributed by atoms with van der Waals surface area (Å²) >= 11 is 5.38. The summed E-state index contributed by atoms with van der Waals surface area (Å²) < 4.78 is 0. The van der Waals surface area contributed by atoms with Gasteiger partial charge in [0.05, 0.1) is 16.7 Å². The van der Waals surface area contributed by atoms with E-state index in [1.54, 1.807) is 0 Å². The summed E-state index contributed by atoms with van der Waals surface area (Å²) in [5.74, 6) is 0. The number of pyridine rings is 1. The summed E-state index contributed by atoms with van der Waals surface area (Å²) in [6, 6.07) is 16.2. The van der Waals surface area contributed by atoms with Crippen molar-refractivity contribution < 1.29 is 0 Å². The summed E-state index contributed by atoms with van der Waals surface area (Å²) in [5, 5.41) is 9.37. The first kappa shape index (κ1) is 13.8. The molecule has 0 atom stereocenters. The fraction of sp³-hybridized carbons (Fsp3) is 0.176. The van der Waals surface area contributed by atoms with Gasteiger partial charge in [0.15, 0.2) is 5.11 Å². The van der Waals surface area contributed by atoms with Crippen molar-refractivity contribution >= 4 is 44.8 Å². The zero-order valence-corrected chi connectivity index (χ0v) is 12.7. The summed E-state index contributed by atoms with van der Waals surface area (Å²) in [6.07, 6.45) is 1.04. The minimum atomic E-state index is 0.651. The van der Waals surface area contributed by atoms with Gasteiger partial charge in [-0.2, -0.15) is 0 Å². The Hall–Kier alpha value is -2.20. The van der Waals surface area contributed by atoms with Gasteiger partial charge in [-0.3, -0.25) is 0 Å². The third-order valence-electron chi connectivity index (χ3n) is 3.36. The second-order valence-electron chi connectivity index (χ2n) is 4.90. The number of thiocarbonyl (C=S) groups is 1. The Morgan fingerprint density at radius 2 is 1.57 bits per heavy atom. The highest BCUT2D eigenvalue weighted by Gasteiger charge is 2.09. The molecule has 106 valence electrons. The fourth-order valence-electron chi connectivity index (χ4n) is 2.37. The van der Waals surface area contributed by atoms with E-state index in [-0.39, 0.29) is 0 Å². The van der Waals surface area contributed by atoms with E-state index in [1.165, 1.54) is 0 Å². The molecule has 0 unspecified atom stereocenters. The number of para-hydroxylation sites is 2. The zero-order chi connectivity index (χ0) is 14.7. The van der Waals surface area contributed by atoms with Gasteiger partial charge in [0.2, 0.25) is 0 Å². The lowest BCUT2D eigenvalue weighted by Crippen LogP contribution is -2.29. The van der Waals surface area contributed by atoms with Gasteiger partial charge in [-0.05, 0) is 30.8 Å². The maximum atomic E-state index is 5.38.